The van der Waals surface area contributed by atoms with Crippen molar-refractivity contribution in [1.29, 1.82) is 5.26 Å². The molecule has 0 saturated heterocycles. The molecule has 3 rings (SSSR count). The van der Waals surface area contributed by atoms with E-state index in [9.17, 15) is 22.0 Å². The Kier molecular flexibility index (Phi) is 5.51. The van der Waals surface area contributed by atoms with Gasteiger partial charge in [-0.2, -0.15) is 27.2 Å². The smallest absolute Gasteiger partial charge is 0.404 e. The number of imidazole rings is 1. The van der Waals surface area contributed by atoms with E-state index in [1.54, 1.807) is 35.1 Å². The Morgan fingerprint density at radius 1 is 1.20 bits per heavy atom. The molecular formula is C19H13F5N6. The first kappa shape index (κ1) is 20.9. The molecule has 3 heterocycles. The van der Waals surface area contributed by atoms with Crippen molar-refractivity contribution < 1.29 is 22.0 Å². The third-order valence-corrected chi connectivity index (χ3v) is 4.11. The minimum absolute atomic E-state index is 0.0585. The van der Waals surface area contributed by atoms with Gasteiger partial charge in [-0.25, -0.2) is 9.97 Å². The molecule has 0 atom stereocenters. The third-order valence-electron chi connectivity index (χ3n) is 4.11. The predicted molar refractivity (Wildman–Crippen MR) is 99.7 cm³/mol. The molecule has 3 aromatic heterocycles. The van der Waals surface area contributed by atoms with Crippen LogP contribution in [0, 0.1) is 11.3 Å². The second-order valence-corrected chi connectivity index (χ2v) is 6.11. The molecule has 0 unspecified atom stereocenters. The van der Waals surface area contributed by atoms with Crippen LogP contribution in [-0.4, -0.2) is 39.2 Å². The van der Waals surface area contributed by atoms with E-state index in [-0.39, 0.29) is 17.0 Å². The topological polar surface area (TPSA) is 92.4 Å². The molecule has 0 saturated carbocycles. The van der Waals surface area contributed by atoms with Gasteiger partial charge in [0.2, 0.25) is 0 Å². The summed E-state index contributed by atoms with van der Waals surface area (Å²) in [5, 5.41) is 9.16. The van der Waals surface area contributed by atoms with Gasteiger partial charge in [0.05, 0.1) is 5.69 Å². The molecule has 11 heteroatoms. The van der Waals surface area contributed by atoms with E-state index in [0.29, 0.717) is 16.8 Å². The third kappa shape index (κ3) is 4.12. The molecule has 0 aliphatic carbocycles. The Labute approximate surface area is 166 Å². The van der Waals surface area contributed by atoms with Crippen molar-refractivity contribution >= 4 is 17.4 Å². The van der Waals surface area contributed by atoms with Gasteiger partial charge in [-0.1, -0.05) is 0 Å². The van der Waals surface area contributed by atoms with Crippen molar-refractivity contribution in [3.8, 4) is 17.3 Å². The lowest BCUT2D eigenvalue weighted by Gasteiger charge is -2.17. The minimum atomic E-state index is -5.71. The SMILES string of the molecule is N#Cc1ccc(C(C=NCC(F)(F)C(F)(F)F)=CN)c(-c2ccn3ccnc3c2)n1. The Hall–Kier alpha value is -3.81. The molecule has 154 valence electrons. The van der Waals surface area contributed by atoms with Crippen LogP contribution in [0.2, 0.25) is 0 Å². The fraction of sp³-hybridized carbons (Fsp3) is 0.158. The van der Waals surface area contributed by atoms with Crippen LogP contribution in [0.15, 0.2) is 54.0 Å². The number of hydrogen-bond donors (Lipinski definition) is 1. The van der Waals surface area contributed by atoms with Gasteiger partial charge in [0.25, 0.3) is 0 Å². The monoisotopic (exact) mass is 420 g/mol. The number of nitrogens with two attached hydrogens (primary N) is 1. The van der Waals surface area contributed by atoms with Crippen LogP contribution < -0.4 is 5.73 Å². The maximum absolute atomic E-state index is 13.1. The summed E-state index contributed by atoms with van der Waals surface area (Å²) in [5.74, 6) is -4.97. The number of nitrogens with zero attached hydrogens (tertiary/aromatic N) is 5. The molecule has 0 aromatic carbocycles. The summed E-state index contributed by atoms with van der Waals surface area (Å²) in [6.07, 6.45) is 1.12. The van der Waals surface area contributed by atoms with Crippen LogP contribution in [0.5, 0.6) is 0 Å². The lowest BCUT2D eigenvalue weighted by atomic mass is 10.0. The summed E-state index contributed by atoms with van der Waals surface area (Å²) in [4.78, 5) is 11.6. The molecule has 6 nitrogen and oxygen atoms in total. The summed E-state index contributed by atoms with van der Waals surface area (Å²) >= 11 is 0. The van der Waals surface area contributed by atoms with E-state index in [2.05, 4.69) is 15.0 Å². The second kappa shape index (κ2) is 7.90. The van der Waals surface area contributed by atoms with E-state index in [0.717, 1.165) is 12.4 Å². The molecule has 0 bridgehead atoms. The molecule has 3 aromatic rings. The Morgan fingerprint density at radius 2 is 1.97 bits per heavy atom. The maximum Gasteiger partial charge on any atom is 0.455 e. The number of fused-ring (bicyclic) bond motifs is 1. The van der Waals surface area contributed by atoms with Crippen molar-refractivity contribution in [2.24, 2.45) is 10.7 Å². The zero-order chi connectivity index (χ0) is 21.9. The van der Waals surface area contributed by atoms with Crippen LogP contribution in [-0.2, 0) is 0 Å². The number of rotatable bonds is 5. The van der Waals surface area contributed by atoms with Gasteiger partial charge in [0.15, 0.2) is 0 Å². The van der Waals surface area contributed by atoms with Crippen molar-refractivity contribution in [3.63, 3.8) is 0 Å². The molecule has 2 N–H and O–H groups in total. The summed E-state index contributed by atoms with van der Waals surface area (Å²) in [6, 6.07) is 8.09. The van der Waals surface area contributed by atoms with Gasteiger partial charge in [0.1, 0.15) is 24.0 Å². The fourth-order valence-corrected chi connectivity index (χ4v) is 2.58. The first-order valence-corrected chi connectivity index (χ1v) is 8.37. The van der Waals surface area contributed by atoms with Crippen LogP contribution in [0.1, 0.15) is 11.3 Å². The summed E-state index contributed by atoms with van der Waals surface area (Å²) in [6.45, 7) is -1.78. The number of alkyl halides is 5. The highest BCUT2D eigenvalue weighted by atomic mass is 19.4. The first-order chi connectivity index (χ1) is 14.2. The second-order valence-electron chi connectivity index (χ2n) is 6.11. The van der Waals surface area contributed by atoms with E-state index < -0.39 is 18.6 Å². The van der Waals surface area contributed by atoms with Gasteiger partial charge in [-0.15, -0.1) is 0 Å². The summed E-state index contributed by atoms with van der Waals surface area (Å²) in [7, 11) is 0. The Bertz CT molecular complexity index is 1170. The number of halogens is 5. The van der Waals surface area contributed by atoms with Crippen molar-refractivity contribution in [1.82, 2.24) is 14.4 Å². The van der Waals surface area contributed by atoms with Crippen LogP contribution in [0.3, 0.4) is 0 Å². The quantitative estimate of drug-likeness (QED) is 0.502. The van der Waals surface area contributed by atoms with Gasteiger partial charge >= 0.3 is 12.1 Å². The number of hydrogen-bond acceptors (Lipinski definition) is 5. The molecule has 0 aliphatic rings. The highest BCUT2D eigenvalue weighted by Crippen LogP contribution is 2.35. The molecule has 0 aliphatic heterocycles. The van der Waals surface area contributed by atoms with Gasteiger partial charge in [-0.05, 0) is 24.3 Å². The van der Waals surface area contributed by atoms with E-state index in [1.807, 2.05) is 6.07 Å². The average Bonchev–Trinajstić information content (AvgIpc) is 3.18. The molecule has 0 spiro atoms. The maximum atomic E-state index is 13.1. The van der Waals surface area contributed by atoms with E-state index >= 15 is 0 Å². The molecule has 30 heavy (non-hydrogen) atoms. The predicted octanol–water partition coefficient (Wildman–Crippen LogP) is 3.84. The van der Waals surface area contributed by atoms with Crippen LogP contribution >= 0.6 is 0 Å². The summed E-state index contributed by atoms with van der Waals surface area (Å²) in [5.41, 5.74) is 7.38. The lowest BCUT2D eigenvalue weighted by molar-refractivity contribution is -0.276. The van der Waals surface area contributed by atoms with E-state index in [1.165, 1.54) is 12.1 Å². The zero-order valence-electron chi connectivity index (χ0n) is 15.1. The molecule has 0 fully saturated rings. The minimum Gasteiger partial charge on any atom is -0.404 e. The van der Waals surface area contributed by atoms with Crippen molar-refractivity contribution in [2.45, 2.75) is 12.1 Å². The van der Waals surface area contributed by atoms with Gasteiger partial charge in [-0.3, -0.25) is 4.99 Å². The number of aromatic nitrogens is 3. The molecule has 0 radical (unpaired) electrons. The number of aliphatic imine (C=N–C) groups is 1. The standard InChI is InChI=1S/C19H13F5N6/c20-18(21,19(22,23)24)11-27-10-13(8-25)15-2-1-14(9-26)29-17(15)12-3-5-30-6-4-28-16(30)7-12/h1-8,10H,11,25H2. The number of nitriles is 1. The van der Waals surface area contributed by atoms with E-state index in [4.69, 9.17) is 11.0 Å². The average molecular weight is 420 g/mol. The normalized spacial score (nSPS) is 13.1. The lowest BCUT2D eigenvalue weighted by Crippen LogP contribution is -2.39. The zero-order valence-corrected chi connectivity index (χ0v) is 15.1. The molecule has 0 amide bonds. The van der Waals surface area contributed by atoms with Crippen LogP contribution in [0.4, 0.5) is 22.0 Å². The van der Waals surface area contributed by atoms with Gasteiger partial charge in [0, 0.05) is 47.7 Å². The fourth-order valence-electron chi connectivity index (χ4n) is 2.58. The number of allylic oxidation sites excluding steroid dienone is 1. The Morgan fingerprint density at radius 3 is 2.63 bits per heavy atom. The largest absolute Gasteiger partial charge is 0.455 e. The Balaban J connectivity index is 2.02. The first-order valence-electron chi connectivity index (χ1n) is 8.37. The van der Waals surface area contributed by atoms with Gasteiger partial charge < -0.3 is 10.1 Å². The highest BCUT2D eigenvalue weighted by Gasteiger charge is 2.57. The van der Waals surface area contributed by atoms with Crippen LogP contribution in [0.25, 0.3) is 22.5 Å². The molecular weight excluding hydrogens is 407 g/mol. The summed E-state index contributed by atoms with van der Waals surface area (Å²) < 4.78 is 64.9. The van der Waals surface area contributed by atoms with Crippen molar-refractivity contribution in [2.75, 3.05) is 6.54 Å². The highest BCUT2D eigenvalue weighted by molar-refractivity contribution is 6.11. The van der Waals surface area contributed by atoms with Crippen molar-refractivity contribution in [3.05, 3.63) is 60.3 Å². The number of pyridine rings is 2.